The van der Waals surface area contributed by atoms with Crippen LogP contribution in [0.1, 0.15) is 83.8 Å². The van der Waals surface area contributed by atoms with Gasteiger partial charge in [0.25, 0.3) is 5.95 Å². The molecule has 1 rings (SSSR count). The van der Waals surface area contributed by atoms with Gasteiger partial charge in [-0.15, -0.1) is 0 Å². The molecule has 0 aliphatic rings. The highest BCUT2D eigenvalue weighted by Crippen LogP contribution is 2.35. The monoisotopic (exact) mass is 269 g/mol. The van der Waals surface area contributed by atoms with Crippen LogP contribution in [0.5, 0.6) is 0 Å². The SMILES string of the molecule is CCCCCCC(C)(CCCC)c1nc(F)c(C)o1. The summed E-state index contributed by atoms with van der Waals surface area (Å²) >= 11 is 0. The molecule has 0 aromatic carbocycles. The molecule has 3 heteroatoms. The molecular weight excluding hydrogens is 241 g/mol. The molecule has 0 N–H and O–H groups in total. The molecule has 0 saturated heterocycles. The van der Waals surface area contributed by atoms with Crippen LogP contribution in [0.2, 0.25) is 0 Å². The second-order valence-electron chi connectivity index (χ2n) is 5.84. The molecule has 110 valence electrons. The first kappa shape index (κ1) is 16.2. The quantitative estimate of drug-likeness (QED) is 0.550. The second-order valence-corrected chi connectivity index (χ2v) is 5.84. The summed E-state index contributed by atoms with van der Waals surface area (Å²) in [6, 6.07) is 0. The molecule has 0 aliphatic heterocycles. The average molecular weight is 269 g/mol. The van der Waals surface area contributed by atoms with Crippen LogP contribution in [0, 0.1) is 12.9 Å². The predicted molar refractivity (Wildman–Crippen MR) is 76.8 cm³/mol. The van der Waals surface area contributed by atoms with E-state index >= 15 is 0 Å². The Morgan fingerprint density at radius 2 is 1.68 bits per heavy atom. The van der Waals surface area contributed by atoms with E-state index in [1.807, 2.05) is 0 Å². The van der Waals surface area contributed by atoms with E-state index in [9.17, 15) is 4.39 Å². The second kappa shape index (κ2) is 7.66. The van der Waals surface area contributed by atoms with Gasteiger partial charge in [-0.1, -0.05) is 59.3 Å². The maximum atomic E-state index is 13.4. The topological polar surface area (TPSA) is 26.0 Å². The summed E-state index contributed by atoms with van der Waals surface area (Å²) in [7, 11) is 0. The zero-order chi connectivity index (χ0) is 14.3. The van der Waals surface area contributed by atoms with Gasteiger partial charge in [0, 0.05) is 5.41 Å². The normalized spacial score (nSPS) is 14.6. The highest BCUT2D eigenvalue weighted by molar-refractivity contribution is 5.06. The maximum absolute atomic E-state index is 13.4. The maximum Gasteiger partial charge on any atom is 0.254 e. The molecule has 0 radical (unpaired) electrons. The van der Waals surface area contributed by atoms with Crippen molar-refractivity contribution in [2.24, 2.45) is 0 Å². The van der Waals surface area contributed by atoms with Crippen molar-refractivity contribution in [1.82, 2.24) is 4.98 Å². The lowest BCUT2D eigenvalue weighted by Crippen LogP contribution is -2.22. The lowest BCUT2D eigenvalue weighted by atomic mass is 9.80. The Balaban J connectivity index is 2.73. The summed E-state index contributed by atoms with van der Waals surface area (Å²) in [5.41, 5.74) is -0.112. The van der Waals surface area contributed by atoms with Crippen molar-refractivity contribution >= 4 is 0 Å². The zero-order valence-electron chi connectivity index (χ0n) is 12.9. The number of hydrogen-bond acceptors (Lipinski definition) is 2. The minimum Gasteiger partial charge on any atom is -0.442 e. The molecule has 0 fully saturated rings. The summed E-state index contributed by atoms with van der Waals surface area (Å²) in [6.45, 7) is 8.20. The van der Waals surface area contributed by atoms with E-state index in [1.165, 1.54) is 19.3 Å². The van der Waals surface area contributed by atoms with Gasteiger partial charge in [-0.05, 0) is 19.8 Å². The fourth-order valence-corrected chi connectivity index (χ4v) is 2.48. The molecule has 0 aliphatic carbocycles. The van der Waals surface area contributed by atoms with Gasteiger partial charge in [-0.3, -0.25) is 0 Å². The number of hydrogen-bond donors (Lipinski definition) is 0. The molecule has 1 aromatic rings. The minimum absolute atomic E-state index is 0.112. The van der Waals surface area contributed by atoms with E-state index in [0.717, 1.165) is 32.1 Å². The van der Waals surface area contributed by atoms with Crippen LogP contribution in [-0.4, -0.2) is 4.98 Å². The number of unbranched alkanes of at least 4 members (excludes halogenated alkanes) is 4. The fourth-order valence-electron chi connectivity index (χ4n) is 2.48. The van der Waals surface area contributed by atoms with Crippen LogP contribution in [0.25, 0.3) is 0 Å². The van der Waals surface area contributed by atoms with Crippen LogP contribution in [0.15, 0.2) is 4.42 Å². The van der Waals surface area contributed by atoms with E-state index < -0.39 is 5.95 Å². The first-order valence-electron chi connectivity index (χ1n) is 7.67. The number of oxazole rings is 1. The van der Waals surface area contributed by atoms with Crippen molar-refractivity contribution in [3.8, 4) is 0 Å². The molecule has 1 atom stereocenters. The van der Waals surface area contributed by atoms with E-state index in [2.05, 4.69) is 25.8 Å². The van der Waals surface area contributed by atoms with Crippen molar-refractivity contribution in [3.63, 3.8) is 0 Å². The lowest BCUT2D eigenvalue weighted by Gasteiger charge is -2.26. The fraction of sp³-hybridized carbons (Fsp3) is 0.812. The molecule has 1 unspecified atom stereocenters. The van der Waals surface area contributed by atoms with Crippen LogP contribution < -0.4 is 0 Å². The van der Waals surface area contributed by atoms with Crippen molar-refractivity contribution in [2.75, 3.05) is 0 Å². The van der Waals surface area contributed by atoms with E-state index in [1.54, 1.807) is 6.92 Å². The van der Waals surface area contributed by atoms with Gasteiger partial charge in [0.15, 0.2) is 5.76 Å². The van der Waals surface area contributed by atoms with Crippen LogP contribution in [-0.2, 0) is 5.41 Å². The minimum atomic E-state index is -0.453. The molecule has 0 saturated carbocycles. The first-order chi connectivity index (χ1) is 9.03. The highest BCUT2D eigenvalue weighted by atomic mass is 19.1. The van der Waals surface area contributed by atoms with Crippen molar-refractivity contribution < 1.29 is 8.81 Å². The molecule has 2 nitrogen and oxygen atoms in total. The van der Waals surface area contributed by atoms with Gasteiger partial charge < -0.3 is 4.42 Å². The third kappa shape index (κ3) is 4.63. The summed E-state index contributed by atoms with van der Waals surface area (Å²) in [4.78, 5) is 4.00. The third-order valence-electron chi connectivity index (χ3n) is 3.92. The molecule has 0 spiro atoms. The molecule has 0 amide bonds. The Morgan fingerprint density at radius 3 is 2.21 bits per heavy atom. The van der Waals surface area contributed by atoms with E-state index in [0.29, 0.717) is 11.7 Å². The van der Waals surface area contributed by atoms with Crippen molar-refractivity contribution in [1.29, 1.82) is 0 Å². The smallest absolute Gasteiger partial charge is 0.254 e. The summed E-state index contributed by atoms with van der Waals surface area (Å²) in [6.07, 6.45) is 9.24. The van der Waals surface area contributed by atoms with Gasteiger partial charge in [0.2, 0.25) is 5.89 Å². The number of rotatable bonds is 9. The highest BCUT2D eigenvalue weighted by Gasteiger charge is 2.31. The van der Waals surface area contributed by atoms with E-state index in [4.69, 9.17) is 4.42 Å². The van der Waals surface area contributed by atoms with Gasteiger partial charge in [0.1, 0.15) is 0 Å². The Hall–Kier alpha value is -0.860. The van der Waals surface area contributed by atoms with Gasteiger partial charge in [0.05, 0.1) is 0 Å². The van der Waals surface area contributed by atoms with Gasteiger partial charge in [-0.2, -0.15) is 9.37 Å². The average Bonchev–Trinajstić information content (AvgIpc) is 2.73. The largest absolute Gasteiger partial charge is 0.442 e. The zero-order valence-corrected chi connectivity index (χ0v) is 12.9. The van der Waals surface area contributed by atoms with Gasteiger partial charge in [-0.25, -0.2) is 0 Å². The summed E-state index contributed by atoms with van der Waals surface area (Å²) < 4.78 is 19.0. The van der Waals surface area contributed by atoms with Crippen molar-refractivity contribution in [3.05, 3.63) is 17.6 Å². The number of aryl methyl sites for hydroxylation is 1. The summed E-state index contributed by atoms with van der Waals surface area (Å²) in [5, 5.41) is 0. The number of nitrogens with zero attached hydrogens (tertiary/aromatic N) is 1. The first-order valence-corrected chi connectivity index (χ1v) is 7.67. The van der Waals surface area contributed by atoms with Crippen LogP contribution >= 0.6 is 0 Å². The van der Waals surface area contributed by atoms with Crippen LogP contribution in [0.3, 0.4) is 0 Å². The predicted octanol–water partition coefficient (Wildman–Crippen LogP) is 5.54. The Labute approximate surface area is 116 Å². The standard InChI is InChI=1S/C16H28FNO/c1-5-7-9-10-12-16(4,11-8-6-2)15-18-14(17)13(3)19-15/h5-12H2,1-4H3. The molecular formula is C16H28FNO. The summed E-state index contributed by atoms with van der Waals surface area (Å²) in [5.74, 6) is 0.449. The van der Waals surface area contributed by atoms with Crippen molar-refractivity contribution in [2.45, 2.75) is 84.5 Å². The number of halogens is 1. The number of aromatic nitrogens is 1. The molecule has 0 bridgehead atoms. The molecule has 19 heavy (non-hydrogen) atoms. The van der Waals surface area contributed by atoms with Crippen LogP contribution in [0.4, 0.5) is 4.39 Å². The molecule has 1 heterocycles. The van der Waals surface area contributed by atoms with E-state index in [-0.39, 0.29) is 5.41 Å². The molecule has 1 aromatic heterocycles. The third-order valence-corrected chi connectivity index (χ3v) is 3.92. The lowest BCUT2D eigenvalue weighted by molar-refractivity contribution is 0.285. The Kier molecular flexibility index (Phi) is 6.53. The van der Waals surface area contributed by atoms with Gasteiger partial charge >= 0.3 is 0 Å². The Bertz CT molecular complexity index is 355. The Morgan fingerprint density at radius 1 is 1.05 bits per heavy atom.